The van der Waals surface area contributed by atoms with Crippen LogP contribution in [0.5, 0.6) is 0 Å². The van der Waals surface area contributed by atoms with Crippen LogP contribution in [0.25, 0.3) is 0 Å². The fourth-order valence-electron chi connectivity index (χ4n) is 2.97. The molecule has 0 bridgehead atoms. The predicted molar refractivity (Wildman–Crippen MR) is 78.9 cm³/mol. The number of rotatable bonds is 4. The first-order chi connectivity index (χ1) is 9.69. The fourth-order valence-corrected chi connectivity index (χ4v) is 2.97. The number of hydrogen-bond acceptors (Lipinski definition) is 4. The van der Waals surface area contributed by atoms with E-state index in [-0.39, 0.29) is 28.9 Å². The predicted octanol–water partition coefficient (Wildman–Crippen LogP) is 1.84. The van der Waals surface area contributed by atoms with Gasteiger partial charge < -0.3 is 5.48 Å². The largest absolute Gasteiger partial charge is 0.412 e. The molecule has 120 valence electrons. The van der Waals surface area contributed by atoms with Crippen molar-refractivity contribution in [3.8, 4) is 0 Å². The van der Waals surface area contributed by atoms with Crippen molar-refractivity contribution in [1.82, 2.24) is 0 Å². The molecule has 21 heavy (non-hydrogen) atoms. The van der Waals surface area contributed by atoms with E-state index in [0.29, 0.717) is 12.6 Å². The van der Waals surface area contributed by atoms with E-state index in [1.54, 1.807) is 0 Å². The van der Waals surface area contributed by atoms with Crippen molar-refractivity contribution in [3.05, 3.63) is 0 Å². The maximum Gasteiger partial charge on any atom is 0.198 e. The Morgan fingerprint density at radius 2 is 0.905 bits per heavy atom. The van der Waals surface area contributed by atoms with Crippen molar-refractivity contribution in [2.45, 2.75) is 64.2 Å². The Bertz CT molecular complexity index is 305. The molecule has 0 aliphatic heterocycles. The molecule has 0 unspecified atom stereocenters. The molecule has 2 fully saturated rings. The molecule has 2 aliphatic carbocycles. The molecule has 2 saturated carbocycles. The third-order valence-electron chi connectivity index (χ3n) is 4.25. The lowest BCUT2D eigenvalue weighted by molar-refractivity contribution is -0.133. The summed E-state index contributed by atoms with van der Waals surface area (Å²) in [5, 5.41) is 0. The standard InChI is InChI=1S/2C8H12O2.H2O/c2*9-6-8(10)7-4-2-1-3-5-7;/h2*6-7H,1-5H2;1H2. The molecule has 0 aromatic carbocycles. The fraction of sp³-hybridized carbons (Fsp3) is 0.750. The summed E-state index contributed by atoms with van der Waals surface area (Å²) in [4.78, 5) is 41.7. The Morgan fingerprint density at radius 3 is 1.14 bits per heavy atom. The molecule has 0 heterocycles. The van der Waals surface area contributed by atoms with Crippen molar-refractivity contribution in [3.63, 3.8) is 0 Å². The van der Waals surface area contributed by atoms with Gasteiger partial charge in [0.25, 0.3) is 0 Å². The van der Waals surface area contributed by atoms with Gasteiger partial charge >= 0.3 is 0 Å². The van der Waals surface area contributed by atoms with Gasteiger partial charge in [-0.3, -0.25) is 19.2 Å². The SMILES string of the molecule is O.O=CC(=O)C1CCCCC1.O=CC(=O)C1CCCCC1. The second kappa shape index (κ2) is 11.3. The summed E-state index contributed by atoms with van der Waals surface area (Å²) in [6, 6.07) is 0. The van der Waals surface area contributed by atoms with E-state index in [9.17, 15) is 19.2 Å². The quantitative estimate of drug-likeness (QED) is 0.584. The highest BCUT2D eigenvalue weighted by molar-refractivity contribution is 6.26. The molecule has 2 rings (SSSR count). The molecule has 0 aromatic rings. The Kier molecular flexibility index (Phi) is 10.6. The summed E-state index contributed by atoms with van der Waals surface area (Å²) >= 11 is 0. The van der Waals surface area contributed by atoms with Crippen molar-refractivity contribution in [2.24, 2.45) is 11.8 Å². The third kappa shape index (κ3) is 7.27. The average Bonchev–Trinajstić information content (AvgIpc) is 2.55. The van der Waals surface area contributed by atoms with Gasteiger partial charge in [0.1, 0.15) is 0 Å². The van der Waals surface area contributed by atoms with E-state index in [1.165, 1.54) is 12.8 Å². The van der Waals surface area contributed by atoms with Crippen molar-refractivity contribution in [1.29, 1.82) is 0 Å². The van der Waals surface area contributed by atoms with Crippen molar-refractivity contribution < 1.29 is 24.7 Å². The number of ketones is 2. The maximum atomic E-state index is 10.8. The first-order valence-corrected chi connectivity index (χ1v) is 7.67. The van der Waals surface area contributed by atoms with Crippen LogP contribution in [-0.4, -0.2) is 29.6 Å². The zero-order chi connectivity index (χ0) is 14.8. The molecular formula is C16H26O5. The lowest BCUT2D eigenvalue weighted by atomic mass is 9.87. The van der Waals surface area contributed by atoms with Gasteiger partial charge in [-0.1, -0.05) is 38.5 Å². The number of aldehydes is 2. The molecular weight excluding hydrogens is 272 g/mol. The highest BCUT2D eigenvalue weighted by atomic mass is 16.2. The molecule has 0 amide bonds. The Labute approximate surface area is 125 Å². The van der Waals surface area contributed by atoms with E-state index in [1.807, 2.05) is 0 Å². The Morgan fingerprint density at radius 1 is 0.619 bits per heavy atom. The Hall–Kier alpha value is -1.36. The zero-order valence-corrected chi connectivity index (χ0v) is 12.5. The summed E-state index contributed by atoms with van der Waals surface area (Å²) in [6.07, 6.45) is 11.6. The first kappa shape index (κ1) is 19.6. The van der Waals surface area contributed by atoms with Crippen LogP contribution in [-0.2, 0) is 19.2 Å². The molecule has 2 N–H and O–H groups in total. The molecule has 5 nitrogen and oxygen atoms in total. The van der Waals surface area contributed by atoms with Gasteiger partial charge in [-0.25, -0.2) is 0 Å². The summed E-state index contributed by atoms with van der Waals surface area (Å²) in [5.41, 5.74) is 0. The molecule has 0 radical (unpaired) electrons. The minimum Gasteiger partial charge on any atom is -0.412 e. The van der Waals surface area contributed by atoms with E-state index in [0.717, 1.165) is 51.4 Å². The highest BCUT2D eigenvalue weighted by Crippen LogP contribution is 2.24. The molecule has 0 saturated heterocycles. The van der Waals surface area contributed by atoms with Crippen LogP contribution in [0.4, 0.5) is 0 Å². The van der Waals surface area contributed by atoms with Gasteiger partial charge in [-0.2, -0.15) is 0 Å². The summed E-state index contributed by atoms with van der Waals surface area (Å²) < 4.78 is 0. The smallest absolute Gasteiger partial charge is 0.198 e. The topological polar surface area (TPSA) is 99.8 Å². The van der Waals surface area contributed by atoms with Gasteiger partial charge in [-0.05, 0) is 25.7 Å². The van der Waals surface area contributed by atoms with E-state index in [4.69, 9.17) is 0 Å². The van der Waals surface area contributed by atoms with Gasteiger partial charge in [0, 0.05) is 11.8 Å². The van der Waals surface area contributed by atoms with Crippen LogP contribution in [0.15, 0.2) is 0 Å². The number of hydrogen-bond donors (Lipinski definition) is 0. The van der Waals surface area contributed by atoms with Crippen molar-refractivity contribution in [2.75, 3.05) is 0 Å². The molecule has 5 heteroatoms. The maximum absolute atomic E-state index is 10.8. The van der Waals surface area contributed by atoms with Crippen LogP contribution in [0, 0.1) is 11.8 Å². The van der Waals surface area contributed by atoms with Gasteiger partial charge in [-0.15, -0.1) is 0 Å². The van der Waals surface area contributed by atoms with Crippen LogP contribution < -0.4 is 0 Å². The lowest BCUT2D eigenvalue weighted by Gasteiger charge is -2.17. The second-order valence-electron chi connectivity index (χ2n) is 5.71. The monoisotopic (exact) mass is 298 g/mol. The van der Waals surface area contributed by atoms with Gasteiger partial charge in [0.2, 0.25) is 0 Å². The second-order valence-corrected chi connectivity index (χ2v) is 5.71. The molecule has 0 spiro atoms. The van der Waals surface area contributed by atoms with E-state index in [2.05, 4.69) is 0 Å². The lowest BCUT2D eigenvalue weighted by Crippen LogP contribution is -2.18. The normalized spacial score (nSPS) is 19.4. The van der Waals surface area contributed by atoms with E-state index >= 15 is 0 Å². The van der Waals surface area contributed by atoms with Gasteiger partial charge in [0.15, 0.2) is 24.1 Å². The summed E-state index contributed by atoms with van der Waals surface area (Å²) in [6.45, 7) is 0. The first-order valence-electron chi connectivity index (χ1n) is 7.67. The summed E-state index contributed by atoms with van der Waals surface area (Å²) in [7, 11) is 0. The molecule has 2 aliphatic rings. The number of carbonyl (C=O) groups is 4. The zero-order valence-electron chi connectivity index (χ0n) is 12.5. The Balaban J connectivity index is 0.000000364. The minimum atomic E-state index is -0.195. The minimum absolute atomic E-state index is 0. The van der Waals surface area contributed by atoms with E-state index < -0.39 is 0 Å². The average molecular weight is 298 g/mol. The molecule has 0 atom stereocenters. The number of Topliss-reactive ketones (excluding diaryl/α,β-unsaturated/α-hetero) is 2. The highest BCUT2D eigenvalue weighted by Gasteiger charge is 2.20. The summed E-state index contributed by atoms with van der Waals surface area (Å²) in [5.74, 6) is -0.267. The van der Waals surface area contributed by atoms with Crippen molar-refractivity contribution >= 4 is 24.1 Å². The van der Waals surface area contributed by atoms with Crippen LogP contribution in [0.2, 0.25) is 0 Å². The van der Waals surface area contributed by atoms with Gasteiger partial charge in [0.05, 0.1) is 0 Å². The third-order valence-corrected chi connectivity index (χ3v) is 4.25. The van der Waals surface area contributed by atoms with Crippen LogP contribution in [0.1, 0.15) is 64.2 Å². The molecule has 0 aromatic heterocycles. The number of carbonyl (C=O) groups excluding carboxylic acids is 4. The van der Waals surface area contributed by atoms with Crippen LogP contribution >= 0.6 is 0 Å². The van der Waals surface area contributed by atoms with Crippen LogP contribution in [0.3, 0.4) is 0 Å².